The largest absolute Gasteiger partial charge is 0.367 e. The number of rotatable bonds is 4. The first-order valence-electron chi connectivity index (χ1n) is 9.16. The highest BCUT2D eigenvalue weighted by molar-refractivity contribution is 5.90. The molecule has 0 radical (unpaired) electrons. The number of aryl methyl sites for hydroxylation is 2. The van der Waals surface area contributed by atoms with Gasteiger partial charge in [0.15, 0.2) is 0 Å². The predicted molar refractivity (Wildman–Crippen MR) is 93.4 cm³/mol. The molecule has 0 aromatic carbocycles. The van der Waals surface area contributed by atoms with E-state index < -0.39 is 5.91 Å². The Bertz CT molecular complexity index is 817. The highest BCUT2D eigenvalue weighted by Gasteiger charge is 2.40. The van der Waals surface area contributed by atoms with Crippen molar-refractivity contribution in [2.75, 3.05) is 13.1 Å². The first-order chi connectivity index (χ1) is 12.5. The van der Waals surface area contributed by atoms with E-state index in [1.54, 1.807) is 6.07 Å². The maximum atomic E-state index is 11.3. The van der Waals surface area contributed by atoms with Crippen LogP contribution in [0.3, 0.4) is 0 Å². The number of amides is 1. The maximum Gasteiger partial charge on any atom is 0.269 e. The number of primary amides is 1. The smallest absolute Gasteiger partial charge is 0.269 e. The lowest BCUT2D eigenvalue weighted by Crippen LogP contribution is -2.50. The summed E-state index contributed by atoms with van der Waals surface area (Å²) in [5.41, 5.74) is 8.56. The van der Waals surface area contributed by atoms with Crippen molar-refractivity contribution in [1.29, 1.82) is 0 Å². The maximum absolute atomic E-state index is 11.3. The summed E-state index contributed by atoms with van der Waals surface area (Å²) in [5, 5.41) is 8.44. The van der Waals surface area contributed by atoms with Crippen LogP contribution >= 0.6 is 0 Å². The molecule has 2 aromatic heterocycles. The standard InChI is InChI=1S/C18H25N5O3/c1-3-16-14(12(2)21-26-16)9-22-6-4-18(5-7-22)11-23-13(10-25-18)8-15(20-23)17(19)24/h8H,3-7,9-11H2,1-2H3,(H2,19,24). The third-order valence-electron chi connectivity index (χ3n) is 5.62. The number of ether oxygens (including phenoxy) is 1. The number of carbonyl (C=O) groups excluding carboxylic acids is 1. The monoisotopic (exact) mass is 359 g/mol. The van der Waals surface area contributed by atoms with Crippen LogP contribution in [-0.4, -0.2) is 44.4 Å². The van der Waals surface area contributed by atoms with E-state index in [4.69, 9.17) is 15.0 Å². The van der Waals surface area contributed by atoms with Crippen LogP contribution in [0.25, 0.3) is 0 Å². The van der Waals surface area contributed by atoms with Gasteiger partial charge in [-0.25, -0.2) is 0 Å². The number of nitrogens with zero attached hydrogens (tertiary/aromatic N) is 4. The number of fused-ring (bicyclic) bond motifs is 1. The Labute approximate surface area is 152 Å². The Morgan fingerprint density at radius 3 is 2.85 bits per heavy atom. The molecule has 140 valence electrons. The van der Waals surface area contributed by atoms with E-state index in [0.717, 1.165) is 56.0 Å². The number of hydrogen-bond donors (Lipinski definition) is 1. The average molecular weight is 359 g/mol. The molecular formula is C18H25N5O3. The summed E-state index contributed by atoms with van der Waals surface area (Å²) < 4.78 is 13.5. The van der Waals surface area contributed by atoms with Gasteiger partial charge in [0, 0.05) is 31.6 Å². The van der Waals surface area contributed by atoms with Gasteiger partial charge in [-0.3, -0.25) is 14.4 Å². The Hall–Kier alpha value is -2.19. The van der Waals surface area contributed by atoms with Gasteiger partial charge in [0.2, 0.25) is 0 Å². The van der Waals surface area contributed by atoms with Crippen molar-refractivity contribution in [1.82, 2.24) is 19.8 Å². The van der Waals surface area contributed by atoms with Crippen LogP contribution in [-0.2, 0) is 30.9 Å². The molecule has 1 amide bonds. The van der Waals surface area contributed by atoms with Crippen LogP contribution in [0.15, 0.2) is 10.6 Å². The molecular weight excluding hydrogens is 334 g/mol. The Morgan fingerprint density at radius 2 is 2.15 bits per heavy atom. The summed E-state index contributed by atoms with van der Waals surface area (Å²) in [5.74, 6) is 0.489. The fraction of sp³-hybridized carbons (Fsp3) is 0.611. The van der Waals surface area contributed by atoms with Crippen molar-refractivity contribution < 1.29 is 14.1 Å². The number of aromatic nitrogens is 3. The van der Waals surface area contributed by atoms with Crippen molar-refractivity contribution in [2.45, 2.75) is 58.4 Å². The molecule has 2 aliphatic rings. The predicted octanol–water partition coefficient (Wildman–Crippen LogP) is 1.41. The van der Waals surface area contributed by atoms with Gasteiger partial charge in [-0.1, -0.05) is 12.1 Å². The van der Waals surface area contributed by atoms with Crippen LogP contribution in [0, 0.1) is 6.92 Å². The van der Waals surface area contributed by atoms with E-state index in [2.05, 4.69) is 22.1 Å². The first kappa shape index (κ1) is 17.2. The molecule has 8 nitrogen and oxygen atoms in total. The Morgan fingerprint density at radius 1 is 1.38 bits per heavy atom. The highest BCUT2D eigenvalue weighted by atomic mass is 16.5. The number of hydrogen-bond acceptors (Lipinski definition) is 6. The minimum atomic E-state index is -0.494. The summed E-state index contributed by atoms with van der Waals surface area (Å²) >= 11 is 0. The summed E-state index contributed by atoms with van der Waals surface area (Å²) in [7, 11) is 0. The molecule has 0 unspecified atom stereocenters. The lowest BCUT2D eigenvalue weighted by atomic mass is 9.89. The fourth-order valence-corrected chi connectivity index (χ4v) is 3.94. The second-order valence-corrected chi connectivity index (χ2v) is 7.31. The van der Waals surface area contributed by atoms with Gasteiger partial charge in [0.1, 0.15) is 11.5 Å². The van der Waals surface area contributed by atoms with Gasteiger partial charge in [-0.2, -0.15) is 5.10 Å². The summed E-state index contributed by atoms with van der Waals surface area (Å²) in [6.45, 7) is 8.02. The van der Waals surface area contributed by atoms with E-state index in [1.807, 2.05) is 11.6 Å². The van der Waals surface area contributed by atoms with Crippen LogP contribution in [0.1, 0.15) is 53.0 Å². The van der Waals surface area contributed by atoms with Crippen molar-refractivity contribution in [3.05, 3.63) is 34.5 Å². The van der Waals surface area contributed by atoms with Crippen LogP contribution in [0.2, 0.25) is 0 Å². The summed E-state index contributed by atoms with van der Waals surface area (Å²) in [6.07, 6.45) is 2.73. The molecule has 0 saturated carbocycles. The second kappa shape index (κ2) is 6.51. The molecule has 1 saturated heterocycles. The minimum Gasteiger partial charge on any atom is -0.367 e. The van der Waals surface area contributed by atoms with Crippen molar-refractivity contribution in [2.24, 2.45) is 5.73 Å². The van der Waals surface area contributed by atoms with Crippen LogP contribution in [0.4, 0.5) is 0 Å². The molecule has 2 N–H and O–H groups in total. The number of likely N-dealkylation sites (tertiary alicyclic amines) is 1. The van der Waals surface area contributed by atoms with E-state index in [9.17, 15) is 4.79 Å². The lowest BCUT2D eigenvalue weighted by Gasteiger charge is -2.43. The molecule has 2 aromatic rings. The van der Waals surface area contributed by atoms with E-state index in [0.29, 0.717) is 18.8 Å². The minimum absolute atomic E-state index is 0.207. The zero-order chi connectivity index (χ0) is 18.3. The zero-order valence-corrected chi connectivity index (χ0v) is 15.3. The normalized spacial score (nSPS) is 19.6. The van der Waals surface area contributed by atoms with Gasteiger partial charge < -0.3 is 15.0 Å². The summed E-state index contributed by atoms with van der Waals surface area (Å²) in [6, 6.07) is 1.73. The topological polar surface area (TPSA) is 99.4 Å². The molecule has 4 rings (SSSR count). The van der Waals surface area contributed by atoms with Crippen LogP contribution in [0.5, 0.6) is 0 Å². The first-order valence-corrected chi connectivity index (χ1v) is 9.16. The zero-order valence-electron chi connectivity index (χ0n) is 15.3. The molecule has 1 spiro atoms. The van der Waals surface area contributed by atoms with Gasteiger partial charge >= 0.3 is 0 Å². The van der Waals surface area contributed by atoms with Crippen LogP contribution < -0.4 is 5.73 Å². The van der Waals surface area contributed by atoms with Gasteiger partial charge in [-0.15, -0.1) is 0 Å². The SMILES string of the molecule is CCc1onc(C)c1CN1CCC2(CC1)Cn1nc(C(N)=O)cc1CO2. The Balaban J connectivity index is 1.41. The molecule has 0 atom stereocenters. The molecule has 0 bridgehead atoms. The molecule has 8 heteroatoms. The third kappa shape index (κ3) is 3.03. The van der Waals surface area contributed by atoms with Crippen molar-refractivity contribution in [3.8, 4) is 0 Å². The fourth-order valence-electron chi connectivity index (χ4n) is 3.94. The number of carbonyl (C=O) groups is 1. The van der Waals surface area contributed by atoms with E-state index in [-0.39, 0.29) is 5.60 Å². The molecule has 26 heavy (non-hydrogen) atoms. The van der Waals surface area contributed by atoms with E-state index in [1.165, 1.54) is 5.56 Å². The third-order valence-corrected chi connectivity index (χ3v) is 5.62. The summed E-state index contributed by atoms with van der Waals surface area (Å²) in [4.78, 5) is 13.8. The number of nitrogens with two attached hydrogens (primary N) is 1. The molecule has 1 fully saturated rings. The lowest BCUT2D eigenvalue weighted by molar-refractivity contribution is -0.124. The van der Waals surface area contributed by atoms with Crippen molar-refractivity contribution >= 4 is 5.91 Å². The quantitative estimate of drug-likeness (QED) is 0.886. The number of piperidine rings is 1. The molecule has 0 aliphatic carbocycles. The van der Waals surface area contributed by atoms with Crippen molar-refractivity contribution in [3.63, 3.8) is 0 Å². The second-order valence-electron chi connectivity index (χ2n) is 7.31. The van der Waals surface area contributed by atoms with Gasteiger partial charge in [-0.05, 0) is 25.8 Å². The van der Waals surface area contributed by atoms with Gasteiger partial charge in [0.25, 0.3) is 5.91 Å². The van der Waals surface area contributed by atoms with Gasteiger partial charge in [0.05, 0.1) is 30.1 Å². The van der Waals surface area contributed by atoms with E-state index >= 15 is 0 Å². The average Bonchev–Trinajstić information content (AvgIpc) is 3.20. The molecule has 2 aliphatic heterocycles. The highest BCUT2D eigenvalue weighted by Crippen LogP contribution is 2.34. The molecule has 4 heterocycles. The Kier molecular flexibility index (Phi) is 4.32.